The highest BCUT2D eigenvalue weighted by atomic mass is 35.5. The number of halogens is 2. The Hall–Kier alpha value is -1.74. The molecule has 1 N–H and O–H groups in total. The normalized spacial score (nSPS) is 12.0. The van der Waals surface area contributed by atoms with Gasteiger partial charge in [0, 0.05) is 6.04 Å². The molecule has 4 heteroatoms. The maximum absolute atomic E-state index is 13.1. The summed E-state index contributed by atoms with van der Waals surface area (Å²) >= 11 is 5.79. The van der Waals surface area contributed by atoms with Crippen molar-refractivity contribution in [2.24, 2.45) is 0 Å². The number of benzene rings is 2. The first kappa shape index (κ1) is 13.7. The first-order chi connectivity index (χ1) is 9.11. The fourth-order valence-electron chi connectivity index (χ4n) is 1.86. The van der Waals surface area contributed by atoms with Gasteiger partial charge in [-0.15, -0.1) is 0 Å². The summed E-state index contributed by atoms with van der Waals surface area (Å²) in [5.41, 5.74) is 1.80. The van der Waals surface area contributed by atoms with Gasteiger partial charge in [0.05, 0.1) is 17.8 Å². The second kappa shape index (κ2) is 5.93. The van der Waals surface area contributed by atoms with Crippen molar-refractivity contribution in [3.63, 3.8) is 0 Å². The van der Waals surface area contributed by atoms with Gasteiger partial charge in [-0.25, -0.2) is 4.39 Å². The molecular weight excluding hydrogens is 265 g/mol. The van der Waals surface area contributed by atoms with Crippen molar-refractivity contribution >= 4 is 17.3 Å². The Kier molecular flexibility index (Phi) is 4.27. The van der Waals surface area contributed by atoms with Gasteiger partial charge in [0.2, 0.25) is 0 Å². The molecule has 0 fully saturated rings. The number of methoxy groups -OCH3 is 1. The molecule has 1 atom stereocenters. The summed E-state index contributed by atoms with van der Waals surface area (Å²) in [7, 11) is 1.62. The van der Waals surface area contributed by atoms with Crippen molar-refractivity contribution in [1.82, 2.24) is 0 Å². The van der Waals surface area contributed by atoms with Gasteiger partial charge in [-0.3, -0.25) is 0 Å². The van der Waals surface area contributed by atoms with Crippen molar-refractivity contribution in [3.8, 4) is 5.75 Å². The van der Waals surface area contributed by atoms with Gasteiger partial charge in [-0.2, -0.15) is 0 Å². The predicted octanol–water partition coefficient (Wildman–Crippen LogP) is 4.66. The molecule has 0 heterocycles. The van der Waals surface area contributed by atoms with Crippen LogP contribution in [0.2, 0.25) is 5.02 Å². The quantitative estimate of drug-likeness (QED) is 0.879. The second-order valence-corrected chi connectivity index (χ2v) is 4.65. The van der Waals surface area contributed by atoms with Gasteiger partial charge >= 0.3 is 0 Å². The van der Waals surface area contributed by atoms with Crippen molar-refractivity contribution in [2.45, 2.75) is 13.0 Å². The van der Waals surface area contributed by atoms with Crippen LogP contribution in [0.15, 0.2) is 42.5 Å². The predicted molar refractivity (Wildman–Crippen MR) is 76.4 cm³/mol. The summed E-state index contributed by atoms with van der Waals surface area (Å²) in [6.07, 6.45) is 0. The first-order valence-electron chi connectivity index (χ1n) is 5.96. The third-order valence-electron chi connectivity index (χ3n) is 2.92. The van der Waals surface area contributed by atoms with Crippen LogP contribution in [0, 0.1) is 5.82 Å². The lowest BCUT2D eigenvalue weighted by Gasteiger charge is -2.18. The minimum absolute atomic E-state index is 0.00519. The Bertz CT molecular complexity index is 574. The fourth-order valence-corrected chi connectivity index (χ4v) is 2.05. The molecule has 100 valence electrons. The van der Waals surface area contributed by atoms with Crippen molar-refractivity contribution in [3.05, 3.63) is 58.9 Å². The fraction of sp³-hybridized carbons (Fsp3) is 0.200. The average Bonchev–Trinajstić information content (AvgIpc) is 2.42. The molecular formula is C15H15ClFNO. The van der Waals surface area contributed by atoms with Crippen molar-refractivity contribution < 1.29 is 9.13 Å². The van der Waals surface area contributed by atoms with Gasteiger partial charge in [-0.05, 0) is 36.8 Å². The number of anilines is 1. The molecule has 0 spiro atoms. The smallest absolute Gasteiger partial charge is 0.141 e. The topological polar surface area (TPSA) is 21.3 Å². The van der Waals surface area contributed by atoms with E-state index in [1.54, 1.807) is 19.2 Å². The van der Waals surface area contributed by atoms with Gasteiger partial charge < -0.3 is 10.1 Å². The van der Waals surface area contributed by atoms with E-state index in [0.29, 0.717) is 0 Å². The Morgan fingerprint density at radius 2 is 1.95 bits per heavy atom. The van der Waals surface area contributed by atoms with E-state index in [9.17, 15) is 4.39 Å². The molecule has 2 aromatic carbocycles. The molecule has 2 aromatic rings. The van der Waals surface area contributed by atoms with E-state index in [0.717, 1.165) is 17.0 Å². The first-order valence-corrected chi connectivity index (χ1v) is 6.34. The number of nitrogens with one attached hydrogen (secondary N) is 1. The molecule has 0 amide bonds. The lowest BCUT2D eigenvalue weighted by molar-refractivity contribution is 0.416. The van der Waals surface area contributed by atoms with Gasteiger partial charge in [0.25, 0.3) is 0 Å². The van der Waals surface area contributed by atoms with Crippen LogP contribution < -0.4 is 10.1 Å². The third-order valence-corrected chi connectivity index (χ3v) is 3.21. The molecule has 0 aromatic heterocycles. The van der Waals surface area contributed by atoms with Crippen molar-refractivity contribution in [2.75, 3.05) is 12.4 Å². The Morgan fingerprint density at radius 3 is 2.63 bits per heavy atom. The van der Waals surface area contributed by atoms with Gasteiger partial charge in [0.15, 0.2) is 0 Å². The zero-order valence-electron chi connectivity index (χ0n) is 10.8. The van der Waals surface area contributed by atoms with Crippen LogP contribution in [0.5, 0.6) is 5.75 Å². The standard InChI is InChI=1S/C15H15ClFNO/c1-10(11-7-8-13(17)12(16)9-11)18-14-5-3-4-6-15(14)19-2/h3-10,18H,1-2H3. The lowest BCUT2D eigenvalue weighted by atomic mass is 10.1. The summed E-state index contributed by atoms with van der Waals surface area (Å²) < 4.78 is 18.4. The molecule has 2 rings (SSSR count). The second-order valence-electron chi connectivity index (χ2n) is 4.24. The van der Waals surface area contributed by atoms with Crippen LogP contribution in [-0.2, 0) is 0 Å². The van der Waals surface area contributed by atoms with E-state index in [-0.39, 0.29) is 11.1 Å². The summed E-state index contributed by atoms with van der Waals surface area (Å²) in [6.45, 7) is 1.98. The van der Waals surface area contributed by atoms with Gasteiger partial charge in [0.1, 0.15) is 11.6 Å². The Balaban J connectivity index is 2.20. The summed E-state index contributed by atoms with van der Waals surface area (Å²) in [6, 6.07) is 12.4. The Labute approximate surface area is 117 Å². The molecule has 0 aliphatic heterocycles. The SMILES string of the molecule is COc1ccccc1NC(C)c1ccc(F)c(Cl)c1. The highest BCUT2D eigenvalue weighted by molar-refractivity contribution is 6.30. The molecule has 0 aliphatic carbocycles. The van der Waals surface area contributed by atoms with E-state index in [2.05, 4.69) is 5.32 Å². The largest absolute Gasteiger partial charge is 0.495 e. The maximum atomic E-state index is 13.1. The molecule has 19 heavy (non-hydrogen) atoms. The minimum Gasteiger partial charge on any atom is -0.495 e. The number of para-hydroxylation sites is 2. The number of hydrogen-bond acceptors (Lipinski definition) is 2. The van der Waals surface area contributed by atoms with Crippen LogP contribution in [0.1, 0.15) is 18.5 Å². The van der Waals surface area contributed by atoms with E-state index in [4.69, 9.17) is 16.3 Å². The van der Waals surface area contributed by atoms with E-state index in [1.165, 1.54) is 6.07 Å². The highest BCUT2D eigenvalue weighted by Crippen LogP contribution is 2.28. The minimum atomic E-state index is -0.407. The molecule has 0 aliphatic rings. The van der Waals surface area contributed by atoms with Crippen molar-refractivity contribution in [1.29, 1.82) is 0 Å². The van der Waals surface area contributed by atoms with E-state index < -0.39 is 5.82 Å². The Morgan fingerprint density at radius 1 is 1.21 bits per heavy atom. The number of rotatable bonds is 4. The van der Waals surface area contributed by atoms with Crippen LogP contribution >= 0.6 is 11.6 Å². The zero-order valence-corrected chi connectivity index (χ0v) is 11.5. The molecule has 1 unspecified atom stereocenters. The average molecular weight is 280 g/mol. The summed E-state index contributed by atoms with van der Waals surface area (Å²) in [5, 5.41) is 3.45. The van der Waals surface area contributed by atoms with Gasteiger partial charge in [-0.1, -0.05) is 29.8 Å². The number of hydrogen-bond donors (Lipinski definition) is 1. The van der Waals surface area contributed by atoms with Crippen LogP contribution in [0.4, 0.5) is 10.1 Å². The zero-order chi connectivity index (χ0) is 13.8. The third kappa shape index (κ3) is 3.18. The molecule has 0 saturated carbocycles. The van der Waals surface area contributed by atoms with E-state index in [1.807, 2.05) is 31.2 Å². The summed E-state index contributed by atoms with van der Waals surface area (Å²) in [4.78, 5) is 0. The maximum Gasteiger partial charge on any atom is 0.141 e. The molecule has 2 nitrogen and oxygen atoms in total. The van der Waals surface area contributed by atoms with Crippen LogP contribution in [0.3, 0.4) is 0 Å². The highest BCUT2D eigenvalue weighted by Gasteiger charge is 2.10. The van der Waals surface area contributed by atoms with E-state index >= 15 is 0 Å². The molecule has 0 bridgehead atoms. The van der Waals surface area contributed by atoms with Crippen LogP contribution in [-0.4, -0.2) is 7.11 Å². The lowest BCUT2D eigenvalue weighted by Crippen LogP contribution is -2.07. The van der Waals surface area contributed by atoms with Crippen LogP contribution in [0.25, 0.3) is 0 Å². The molecule has 0 saturated heterocycles. The molecule has 0 radical (unpaired) electrons. The summed E-state index contributed by atoms with van der Waals surface area (Å²) in [5.74, 6) is 0.359. The monoisotopic (exact) mass is 279 g/mol. The number of ether oxygens (including phenoxy) is 1.